The number of carbonyl (C=O) groups excluding carboxylic acids is 1. The number of para-hydroxylation sites is 2. The third-order valence-corrected chi connectivity index (χ3v) is 3.35. The van der Waals surface area contributed by atoms with E-state index >= 15 is 0 Å². The summed E-state index contributed by atoms with van der Waals surface area (Å²) in [6, 6.07) is 16.2. The number of amides is 1. The van der Waals surface area contributed by atoms with Gasteiger partial charge in [-0.3, -0.25) is 9.69 Å². The minimum Gasteiger partial charge on any atom is -0.495 e. The van der Waals surface area contributed by atoms with E-state index in [2.05, 4.69) is 0 Å². The van der Waals surface area contributed by atoms with E-state index in [0.717, 1.165) is 5.56 Å². The lowest BCUT2D eigenvalue weighted by molar-refractivity contribution is -0.136. The summed E-state index contributed by atoms with van der Waals surface area (Å²) in [5.41, 5.74) is 1.32. The second kappa shape index (κ2) is 8.57. The molecule has 1 amide bonds. The van der Waals surface area contributed by atoms with Crippen LogP contribution in [0.4, 0.5) is 10.5 Å². The Hall–Kier alpha value is -3.02. The molecule has 0 saturated carbocycles. The minimum atomic E-state index is -0.995. The molecule has 0 unspecified atom stereocenters. The van der Waals surface area contributed by atoms with Crippen LogP contribution in [0.1, 0.15) is 12.0 Å². The first-order valence-electron chi connectivity index (χ1n) is 7.45. The van der Waals surface area contributed by atoms with Crippen molar-refractivity contribution in [3.8, 4) is 5.75 Å². The molecule has 0 aliphatic rings. The third kappa shape index (κ3) is 4.74. The van der Waals surface area contributed by atoms with E-state index in [-0.39, 0.29) is 19.6 Å². The lowest BCUT2D eigenvalue weighted by atomic mass is 10.2. The van der Waals surface area contributed by atoms with E-state index < -0.39 is 12.1 Å². The number of aliphatic carboxylic acids is 1. The zero-order chi connectivity index (χ0) is 17.4. The Morgan fingerprint density at radius 2 is 1.71 bits per heavy atom. The van der Waals surface area contributed by atoms with Crippen LogP contribution in [0.3, 0.4) is 0 Å². The number of anilines is 1. The molecule has 0 fully saturated rings. The average molecular weight is 329 g/mol. The van der Waals surface area contributed by atoms with Gasteiger partial charge in [-0.25, -0.2) is 4.79 Å². The molecule has 1 N–H and O–H groups in total. The monoisotopic (exact) mass is 329 g/mol. The van der Waals surface area contributed by atoms with Gasteiger partial charge in [0.25, 0.3) is 0 Å². The summed E-state index contributed by atoms with van der Waals surface area (Å²) in [5.74, 6) is -0.523. The molecule has 0 aliphatic carbocycles. The molecule has 2 aromatic rings. The zero-order valence-corrected chi connectivity index (χ0v) is 13.3. The summed E-state index contributed by atoms with van der Waals surface area (Å²) in [4.78, 5) is 24.6. The maximum Gasteiger partial charge on any atom is 0.414 e. The number of carboxylic acid groups (broad SMARTS) is 1. The van der Waals surface area contributed by atoms with Crippen LogP contribution in [-0.2, 0) is 16.1 Å². The van der Waals surface area contributed by atoms with Gasteiger partial charge in [0.05, 0.1) is 19.2 Å². The number of methoxy groups -OCH3 is 1. The maximum absolute atomic E-state index is 12.5. The van der Waals surface area contributed by atoms with E-state index in [0.29, 0.717) is 11.4 Å². The Morgan fingerprint density at radius 3 is 2.38 bits per heavy atom. The Kier molecular flexibility index (Phi) is 6.19. The highest BCUT2D eigenvalue weighted by atomic mass is 16.6. The van der Waals surface area contributed by atoms with Gasteiger partial charge in [0.15, 0.2) is 0 Å². The SMILES string of the molecule is COc1ccccc1N(CCC(=O)O)C(=O)OCc1ccccc1. The molecule has 0 atom stereocenters. The highest BCUT2D eigenvalue weighted by Crippen LogP contribution is 2.28. The molecule has 0 spiro atoms. The smallest absolute Gasteiger partial charge is 0.414 e. The lowest BCUT2D eigenvalue weighted by Crippen LogP contribution is -2.33. The Labute approximate surface area is 140 Å². The van der Waals surface area contributed by atoms with Gasteiger partial charge >= 0.3 is 12.1 Å². The zero-order valence-electron chi connectivity index (χ0n) is 13.3. The van der Waals surface area contributed by atoms with E-state index in [1.165, 1.54) is 12.0 Å². The molecular formula is C18H19NO5. The van der Waals surface area contributed by atoms with Gasteiger partial charge in [-0.2, -0.15) is 0 Å². The quantitative estimate of drug-likeness (QED) is 0.843. The predicted octanol–water partition coefficient (Wildman–Crippen LogP) is 3.31. The van der Waals surface area contributed by atoms with Crippen molar-refractivity contribution in [3.63, 3.8) is 0 Å². The highest BCUT2D eigenvalue weighted by molar-refractivity contribution is 5.90. The topological polar surface area (TPSA) is 76.1 Å². The van der Waals surface area contributed by atoms with Crippen LogP contribution in [-0.4, -0.2) is 30.8 Å². The van der Waals surface area contributed by atoms with Gasteiger partial charge in [0.2, 0.25) is 0 Å². The Balaban J connectivity index is 2.15. The summed E-state index contributed by atoms with van der Waals surface area (Å²) in [6.07, 6.45) is -0.817. The number of hydrogen-bond acceptors (Lipinski definition) is 4. The van der Waals surface area contributed by atoms with Crippen molar-refractivity contribution in [1.82, 2.24) is 0 Å². The van der Waals surface area contributed by atoms with E-state index in [1.807, 2.05) is 30.3 Å². The average Bonchev–Trinajstić information content (AvgIpc) is 2.61. The third-order valence-electron chi connectivity index (χ3n) is 3.35. The van der Waals surface area contributed by atoms with Gasteiger partial charge in [-0.15, -0.1) is 0 Å². The Bertz CT molecular complexity index is 687. The molecular weight excluding hydrogens is 310 g/mol. The molecule has 126 valence electrons. The molecule has 0 bridgehead atoms. The van der Waals surface area contributed by atoms with Gasteiger partial charge in [0, 0.05) is 6.54 Å². The fourth-order valence-electron chi connectivity index (χ4n) is 2.17. The fraction of sp³-hybridized carbons (Fsp3) is 0.222. The van der Waals surface area contributed by atoms with Crippen molar-refractivity contribution >= 4 is 17.7 Å². The molecule has 0 aromatic heterocycles. The summed E-state index contributed by atoms with van der Waals surface area (Å²) >= 11 is 0. The van der Waals surface area contributed by atoms with Crippen LogP contribution in [0, 0.1) is 0 Å². The molecule has 2 aromatic carbocycles. The van der Waals surface area contributed by atoms with Crippen LogP contribution in [0.15, 0.2) is 54.6 Å². The first kappa shape index (κ1) is 17.3. The summed E-state index contributed by atoms with van der Waals surface area (Å²) in [5, 5.41) is 8.92. The fourth-order valence-corrected chi connectivity index (χ4v) is 2.17. The number of nitrogens with zero attached hydrogens (tertiary/aromatic N) is 1. The van der Waals surface area contributed by atoms with Crippen LogP contribution >= 0.6 is 0 Å². The summed E-state index contributed by atoms with van der Waals surface area (Å²) in [6.45, 7) is 0.0989. The second-order valence-electron chi connectivity index (χ2n) is 5.01. The number of ether oxygens (including phenoxy) is 2. The van der Waals surface area contributed by atoms with Crippen molar-refractivity contribution in [3.05, 3.63) is 60.2 Å². The van der Waals surface area contributed by atoms with Crippen LogP contribution < -0.4 is 9.64 Å². The molecule has 6 heteroatoms. The Morgan fingerprint density at radius 1 is 1.04 bits per heavy atom. The van der Waals surface area contributed by atoms with Crippen molar-refractivity contribution in [2.45, 2.75) is 13.0 Å². The first-order valence-corrected chi connectivity index (χ1v) is 7.45. The number of carboxylic acids is 1. The predicted molar refractivity (Wildman–Crippen MR) is 89.2 cm³/mol. The van der Waals surface area contributed by atoms with Crippen LogP contribution in [0.25, 0.3) is 0 Å². The summed E-state index contributed by atoms with van der Waals surface area (Å²) in [7, 11) is 1.49. The van der Waals surface area contributed by atoms with Gasteiger partial charge in [-0.05, 0) is 17.7 Å². The molecule has 0 radical (unpaired) electrons. The van der Waals surface area contributed by atoms with E-state index in [1.54, 1.807) is 24.3 Å². The molecule has 2 rings (SSSR count). The normalized spacial score (nSPS) is 10.0. The van der Waals surface area contributed by atoms with Gasteiger partial charge in [0.1, 0.15) is 12.4 Å². The van der Waals surface area contributed by atoms with Crippen LogP contribution in [0.2, 0.25) is 0 Å². The molecule has 6 nitrogen and oxygen atoms in total. The van der Waals surface area contributed by atoms with E-state index in [4.69, 9.17) is 14.6 Å². The maximum atomic E-state index is 12.5. The highest BCUT2D eigenvalue weighted by Gasteiger charge is 2.21. The van der Waals surface area contributed by atoms with Crippen LogP contribution in [0.5, 0.6) is 5.75 Å². The number of benzene rings is 2. The van der Waals surface area contributed by atoms with Crippen molar-refractivity contribution < 1.29 is 24.2 Å². The van der Waals surface area contributed by atoms with Gasteiger partial charge in [-0.1, -0.05) is 42.5 Å². The molecule has 0 heterocycles. The number of carbonyl (C=O) groups is 2. The number of rotatable bonds is 7. The summed E-state index contributed by atoms with van der Waals surface area (Å²) < 4.78 is 10.6. The molecule has 24 heavy (non-hydrogen) atoms. The molecule has 0 saturated heterocycles. The van der Waals surface area contributed by atoms with Gasteiger partial charge < -0.3 is 14.6 Å². The number of hydrogen-bond donors (Lipinski definition) is 1. The molecule has 0 aliphatic heterocycles. The van der Waals surface area contributed by atoms with Crippen molar-refractivity contribution in [2.75, 3.05) is 18.6 Å². The van der Waals surface area contributed by atoms with Crippen molar-refractivity contribution in [1.29, 1.82) is 0 Å². The second-order valence-corrected chi connectivity index (χ2v) is 5.01. The van der Waals surface area contributed by atoms with E-state index in [9.17, 15) is 9.59 Å². The minimum absolute atomic E-state index is 0.0106. The largest absolute Gasteiger partial charge is 0.495 e. The lowest BCUT2D eigenvalue weighted by Gasteiger charge is -2.23. The van der Waals surface area contributed by atoms with Crippen molar-refractivity contribution in [2.24, 2.45) is 0 Å². The standard InChI is InChI=1S/C18H19NO5/c1-23-16-10-6-5-9-15(16)19(12-11-17(20)21)18(22)24-13-14-7-3-2-4-8-14/h2-10H,11-13H2,1H3,(H,20,21). The first-order chi connectivity index (χ1) is 11.6.